The van der Waals surface area contributed by atoms with Crippen LogP contribution in [0.3, 0.4) is 0 Å². The van der Waals surface area contributed by atoms with Crippen LogP contribution < -0.4 is 0 Å². The normalized spacial score (nSPS) is 13.9. The van der Waals surface area contributed by atoms with E-state index in [9.17, 15) is 43.9 Å². The molecule has 0 aromatic heterocycles. The number of halogens is 10. The molecule has 11 heteroatoms. The maximum atomic E-state index is 12.2. The zero-order chi connectivity index (χ0) is 13.4. The zero-order valence-corrected chi connectivity index (χ0v) is 7.50. The van der Waals surface area contributed by atoms with Gasteiger partial charge in [-0.1, -0.05) is 0 Å². The predicted molar refractivity (Wildman–Crippen MR) is 33.9 cm³/mol. The summed E-state index contributed by atoms with van der Waals surface area (Å²) in [6.07, 6.45) is -12.5. The lowest BCUT2D eigenvalue weighted by Crippen LogP contribution is -2.27. The van der Waals surface area contributed by atoms with Crippen LogP contribution in [0.4, 0.5) is 43.9 Å². The largest absolute Gasteiger partial charge is 0.448 e. The van der Waals surface area contributed by atoms with Gasteiger partial charge in [-0.05, 0) is 0 Å². The Morgan fingerprint density at radius 2 is 1.00 bits per heavy atom. The smallest absolute Gasteiger partial charge is 0.198 e. The molecule has 0 nitrogen and oxygen atoms in total. The van der Waals surface area contributed by atoms with Crippen molar-refractivity contribution in [1.82, 2.24) is 0 Å². The molecule has 0 aliphatic rings. The fourth-order valence-electron chi connectivity index (χ4n) is 0.536. The average Bonchev–Trinajstić information content (AvgIpc) is 1.70. The highest BCUT2D eigenvalue weighted by Crippen LogP contribution is 2.47. The van der Waals surface area contributed by atoms with E-state index < -0.39 is 40.4 Å². The SMILES string of the molecule is FC(SC(F)(F)F)=C(C(F)(F)F)C(F)(F)F. The Morgan fingerprint density at radius 1 is 0.688 bits per heavy atom. The van der Waals surface area contributed by atoms with E-state index in [1.807, 2.05) is 0 Å². The van der Waals surface area contributed by atoms with Crippen molar-refractivity contribution in [3.63, 3.8) is 0 Å². The van der Waals surface area contributed by atoms with Gasteiger partial charge >= 0.3 is 17.9 Å². The summed E-state index contributed by atoms with van der Waals surface area (Å²) in [5.74, 6) is 0. The lowest BCUT2D eigenvalue weighted by Gasteiger charge is -2.16. The molecular weight excluding hydrogens is 282 g/mol. The molecule has 16 heavy (non-hydrogen) atoms. The Morgan fingerprint density at radius 3 is 1.19 bits per heavy atom. The first kappa shape index (κ1) is 15.4. The molecule has 0 radical (unpaired) electrons. The van der Waals surface area contributed by atoms with Gasteiger partial charge < -0.3 is 0 Å². The van der Waals surface area contributed by atoms with Crippen LogP contribution >= 0.6 is 11.8 Å². The highest BCUT2D eigenvalue weighted by atomic mass is 32.2. The molecule has 0 aliphatic carbocycles. The van der Waals surface area contributed by atoms with E-state index in [4.69, 9.17) is 0 Å². The Kier molecular flexibility index (Phi) is 4.17. The lowest BCUT2D eigenvalue weighted by molar-refractivity contribution is -0.173. The minimum Gasteiger partial charge on any atom is -0.198 e. The number of alkyl halides is 9. The second-order valence-corrected chi connectivity index (χ2v) is 3.22. The van der Waals surface area contributed by atoms with Gasteiger partial charge in [0.1, 0.15) is 0 Å². The molecule has 0 aromatic carbocycles. The highest BCUT2D eigenvalue weighted by molar-refractivity contribution is 8.03. The van der Waals surface area contributed by atoms with Crippen LogP contribution in [0.2, 0.25) is 0 Å². The van der Waals surface area contributed by atoms with Crippen LogP contribution in [0.1, 0.15) is 0 Å². The third kappa shape index (κ3) is 4.94. The second-order valence-electron chi connectivity index (χ2n) is 2.19. The van der Waals surface area contributed by atoms with E-state index >= 15 is 0 Å². The molecule has 0 aromatic rings. The van der Waals surface area contributed by atoms with Crippen molar-refractivity contribution < 1.29 is 43.9 Å². The van der Waals surface area contributed by atoms with Gasteiger partial charge in [-0.2, -0.15) is 43.9 Å². The Labute approximate surface area is 85.3 Å². The van der Waals surface area contributed by atoms with Gasteiger partial charge in [0.2, 0.25) is 0 Å². The lowest BCUT2D eigenvalue weighted by atomic mass is 10.3. The van der Waals surface area contributed by atoms with Crippen LogP contribution in [-0.2, 0) is 0 Å². The van der Waals surface area contributed by atoms with Gasteiger partial charge in [0.05, 0.1) is 0 Å². The number of hydrogen-bond acceptors (Lipinski definition) is 1. The minimum absolute atomic E-state index is 2.11. The summed E-state index contributed by atoms with van der Waals surface area (Å²) in [7, 11) is 0. The molecule has 0 fully saturated rings. The van der Waals surface area contributed by atoms with Crippen molar-refractivity contribution >= 4 is 11.8 Å². The summed E-state index contributed by atoms with van der Waals surface area (Å²) in [4.78, 5) is 0. The van der Waals surface area contributed by atoms with Crippen LogP contribution in [0.15, 0.2) is 10.7 Å². The van der Waals surface area contributed by atoms with Crippen molar-refractivity contribution in [2.24, 2.45) is 0 Å². The van der Waals surface area contributed by atoms with Crippen LogP contribution in [-0.4, -0.2) is 17.9 Å². The maximum absolute atomic E-state index is 12.2. The molecule has 0 unspecified atom stereocenters. The molecule has 0 amide bonds. The summed E-state index contributed by atoms with van der Waals surface area (Å²) in [6.45, 7) is 0. The van der Waals surface area contributed by atoms with E-state index in [1.54, 1.807) is 0 Å². The summed E-state index contributed by atoms with van der Waals surface area (Å²) in [5.41, 5.74) is -9.38. The van der Waals surface area contributed by atoms with Crippen molar-refractivity contribution in [3.8, 4) is 0 Å². The molecular formula is C5F10S. The quantitative estimate of drug-likeness (QED) is 0.636. The summed E-state index contributed by atoms with van der Waals surface area (Å²) in [5, 5.41) is -3.38. The van der Waals surface area contributed by atoms with Crippen molar-refractivity contribution in [1.29, 1.82) is 0 Å². The Bertz CT molecular complexity index is 261. The number of rotatable bonds is 1. The number of allylic oxidation sites excluding steroid dienone is 1. The first-order valence-electron chi connectivity index (χ1n) is 3.05. The fraction of sp³-hybridized carbons (Fsp3) is 0.600. The Balaban J connectivity index is 5.42. The molecule has 96 valence electrons. The van der Waals surface area contributed by atoms with Gasteiger partial charge in [0.25, 0.3) is 0 Å². The summed E-state index contributed by atoms with van der Waals surface area (Å²) < 4.78 is 116. The standard InChI is InChI=1S/C5F10S/c6-2(16-5(13,14)15)1(3(7,8)9)4(10,11)12. The molecule has 0 spiro atoms. The van der Waals surface area contributed by atoms with Gasteiger partial charge in [0, 0.05) is 11.8 Å². The van der Waals surface area contributed by atoms with Gasteiger partial charge in [-0.25, -0.2) is 0 Å². The molecule has 0 rings (SSSR count). The van der Waals surface area contributed by atoms with E-state index in [0.29, 0.717) is 0 Å². The molecule has 0 heterocycles. The van der Waals surface area contributed by atoms with E-state index in [-0.39, 0.29) is 0 Å². The third-order valence-corrected chi connectivity index (χ3v) is 1.58. The first-order valence-corrected chi connectivity index (χ1v) is 3.86. The molecule has 0 atom stereocenters. The molecule has 0 N–H and O–H groups in total. The summed E-state index contributed by atoms with van der Waals surface area (Å²) >= 11 is -2.11. The van der Waals surface area contributed by atoms with Gasteiger partial charge in [-0.3, -0.25) is 0 Å². The highest BCUT2D eigenvalue weighted by Gasteiger charge is 2.55. The first-order chi connectivity index (χ1) is 6.75. The second kappa shape index (κ2) is 4.34. The van der Waals surface area contributed by atoms with Crippen molar-refractivity contribution in [2.45, 2.75) is 17.9 Å². The third-order valence-electron chi connectivity index (χ3n) is 0.969. The minimum atomic E-state index is -6.25. The molecule has 0 bridgehead atoms. The predicted octanol–water partition coefficient (Wildman–Crippen LogP) is 4.55. The Hall–Kier alpha value is -0.610. The number of hydrogen-bond donors (Lipinski definition) is 0. The topological polar surface area (TPSA) is 0 Å². The number of thioether (sulfide) groups is 1. The monoisotopic (exact) mass is 282 g/mol. The molecule has 0 aliphatic heterocycles. The fourth-order valence-corrected chi connectivity index (χ4v) is 1.07. The van der Waals surface area contributed by atoms with Crippen molar-refractivity contribution in [2.75, 3.05) is 0 Å². The maximum Gasteiger partial charge on any atom is 0.448 e. The van der Waals surface area contributed by atoms with Crippen LogP contribution in [0.25, 0.3) is 0 Å². The molecule has 0 saturated carbocycles. The molecule has 0 saturated heterocycles. The van der Waals surface area contributed by atoms with Crippen LogP contribution in [0.5, 0.6) is 0 Å². The van der Waals surface area contributed by atoms with E-state index in [0.717, 1.165) is 0 Å². The average molecular weight is 282 g/mol. The zero-order valence-electron chi connectivity index (χ0n) is 6.69. The van der Waals surface area contributed by atoms with Crippen molar-refractivity contribution in [3.05, 3.63) is 10.7 Å². The summed E-state index contributed by atoms with van der Waals surface area (Å²) in [6, 6.07) is 0. The van der Waals surface area contributed by atoms with E-state index in [2.05, 4.69) is 0 Å². The van der Waals surface area contributed by atoms with Gasteiger partial charge in [0.15, 0.2) is 10.7 Å². The van der Waals surface area contributed by atoms with Gasteiger partial charge in [-0.15, -0.1) is 0 Å². The van der Waals surface area contributed by atoms with Crippen LogP contribution in [0, 0.1) is 0 Å². The van der Waals surface area contributed by atoms with E-state index in [1.165, 1.54) is 0 Å².